The molecule has 2 amide bonds. The van der Waals surface area contributed by atoms with Gasteiger partial charge in [-0.3, -0.25) is 25.4 Å². The number of amides is 2. The van der Waals surface area contributed by atoms with E-state index in [1.165, 1.54) is 6.20 Å². The number of carbonyl (C=O) groups is 2. The monoisotopic (exact) mass is 370 g/mol. The number of hydrogen-bond acceptors (Lipinski definition) is 5. The lowest BCUT2D eigenvalue weighted by molar-refractivity contribution is -0.121. The van der Waals surface area contributed by atoms with Gasteiger partial charge in [0, 0.05) is 30.8 Å². The molecule has 8 heteroatoms. The molecule has 2 N–H and O–H groups in total. The summed E-state index contributed by atoms with van der Waals surface area (Å²) in [6, 6.07) is 10.5. The third-order valence-electron chi connectivity index (χ3n) is 3.50. The highest BCUT2D eigenvalue weighted by Crippen LogP contribution is 2.28. The van der Waals surface area contributed by atoms with Crippen LogP contribution in [0.1, 0.15) is 22.7 Å². The predicted octanol–water partition coefficient (Wildman–Crippen LogP) is 2.78. The first-order valence-electron chi connectivity index (χ1n) is 7.82. The molecule has 1 aromatic carbocycles. The quantitative estimate of drug-likeness (QED) is 0.673. The second-order valence-electron chi connectivity index (χ2n) is 5.34. The third-order valence-corrected chi connectivity index (χ3v) is 3.83. The zero-order chi connectivity index (χ0) is 18.4. The van der Waals surface area contributed by atoms with Gasteiger partial charge >= 0.3 is 0 Å². The Balaban J connectivity index is 1.49. The second-order valence-corrected chi connectivity index (χ2v) is 5.75. The number of oxazole rings is 1. The molecule has 0 atom stereocenters. The van der Waals surface area contributed by atoms with Crippen LogP contribution < -0.4 is 10.9 Å². The van der Waals surface area contributed by atoms with Crippen LogP contribution in [0, 0.1) is 0 Å². The maximum atomic E-state index is 11.9. The fourth-order valence-corrected chi connectivity index (χ4v) is 2.42. The van der Waals surface area contributed by atoms with Crippen LogP contribution in [-0.2, 0) is 11.2 Å². The van der Waals surface area contributed by atoms with Crippen molar-refractivity contribution in [3.8, 4) is 11.3 Å². The van der Waals surface area contributed by atoms with E-state index in [4.69, 9.17) is 16.0 Å². The number of hydrazine groups is 1. The van der Waals surface area contributed by atoms with Crippen molar-refractivity contribution in [3.05, 3.63) is 71.5 Å². The number of nitrogens with one attached hydrogen (secondary N) is 2. The Labute approximate surface area is 154 Å². The number of benzene rings is 1. The second kappa shape index (κ2) is 8.26. The van der Waals surface area contributed by atoms with Crippen molar-refractivity contribution < 1.29 is 14.0 Å². The SMILES string of the molecule is O=C(CCc1ncc(-c2ccccc2Cl)o1)NNC(=O)c1cccnc1. The molecular formula is C18H15ClN4O3. The summed E-state index contributed by atoms with van der Waals surface area (Å²) in [5.74, 6) is 0.146. The van der Waals surface area contributed by atoms with E-state index >= 15 is 0 Å². The van der Waals surface area contributed by atoms with E-state index in [9.17, 15) is 9.59 Å². The molecule has 7 nitrogen and oxygen atoms in total. The van der Waals surface area contributed by atoms with Crippen molar-refractivity contribution in [2.24, 2.45) is 0 Å². The topological polar surface area (TPSA) is 97.1 Å². The number of aryl methyl sites for hydroxylation is 1. The summed E-state index contributed by atoms with van der Waals surface area (Å²) < 4.78 is 5.62. The molecule has 2 heterocycles. The Morgan fingerprint density at radius 1 is 1.08 bits per heavy atom. The highest BCUT2D eigenvalue weighted by Gasteiger charge is 2.12. The summed E-state index contributed by atoms with van der Waals surface area (Å²) in [6.07, 6.45) is 4.93. The molecule has 0 bridgehead atoms. The van der Waals surface area contributed by atoms with Crippen LogP contribution in [0.4, 0.5) is 0 Å². The standard InChI is InChI=1S/C18H15ClN4O3/c19-14-6-2-1-5-13(14)15-11-21-17(26-15)8-7-16(24)22-23-18(25)12-4-3-9-20-10-12/h1-6,9-11H,7-8H2,(H,22,24)(H,23,25). The minimum Gasteiger partial charge on any atom is -0.441 e. The Bertz CT molecular complexity index is 912. The maximum Gasteiger partial charge on any atom is 0.271 e. The van der Waals surface area contributed by atoms with Gasteiger partial charge in [0.1, 0.15) is 0 Å². The normalized spacial score (nSPS) is 10.3. The molecule has 3 rings (SSSR count). The molecule has 132 valence electrons. The smallest absolute Gasteiger partial charge is 0.271 e. The van der Waals surface area contributed by atoms with Crippen molar-refractivity contribution in [2.45, 2.75) is 12.8 Å². The minimum absolute atomic E-state index is 0.107. The molecule has 0 spiro atoms. The Morgan fingerprint density at radius 3 is 2.69 bits per heavy atom. The van der Waals surface area contributed by atoms with Gasteiger partial charge in [0.25, 0.3) is 5.91 Å². The summed E-state index contributed by atoms with van der Waals surface area (Å²) in [5, 5.41) is 0.561. The number of nitrogens with zero attached hydrogens (tertiary/aromatic N) is 2. The van der Waals surface area contributed by atoms with Crippen LogP contribution in [0.15, 0.2) is 59.4 Å². The number of halogens is 1. The Kier molecular flexibility index (Phi) is 5.60. The molecule has 0 saturated carbocycles. The molecule has 0 unspecified atom stereocenters. The molecule has 3 aromatic rings. The number of rotatable bonds is 5. The van der Waals surface area contributed by atoms with E-state index in [-0.39, 0.29) is 12.3 Å². The number of aromatic nitrogens is 2. The van der Waals surface area contributed by atoms with Crippen LogP contribution in [0.2, 0.25) is 5.02 Å². The summed E-state index contributed by atoms with van der Waals surface area (Å²) in [5.41, 5.74) is 5.76. The Morgan fingerprint density at radius 2 is 1.92 bits per heavy atom. The van der Waals surface area contributed by atoms with Gasteiger partial charge in [-0.25, -0.2) is 4.98 Å². The molecule has 2 aromatic heterocycles. The molecule has 0 radical (unpaired) electrons. The van der Waals surface area contributed by atoms with Gasteiger partial charge in [0.15, 0.2) is 11.7 Å². The third kappa shape index (κ3) is 4.46. The molecule has 0 fully saturated rings. The molecule has 26 heavy (non-hydrogen) atoms. The van der Waals surface area contributed by atoms with E-state index in [1.807, 2.05) is 18.2 Å². The maximum absolute atomic E-state index is 11.9. The summed E-state index contributed by atoms with van der Waals surface area (Å²) >= 11 is 6.12. The number of hydrogen-bond donors (Lipinski definition) is 2. The molecular weight excluding hydrogens is 356 g/mol. The summed E-state index contributed by atoms with van der Waals surface area (Å²) in [7, 11) is 0. The predicted molar refractivity (Wildman–Crippen MR) is 95.1 cm³/mol. The lowest BCUT2D eigenvalue weighted by Gasteiger charge is -2.06. The largest absolute Gasteiger partial charge is 0.441 e. The van der Waals surface area contributed by atoms with E-state index in [0.29, 0.717) is 28.7 Å². The van der Waals surface area contributed by atoms with Gasteiger partial charge in [0.2, 0.25) is 5.91 Å². The minimum atomic E-state index is -0.441. The van der Waals surface area contributed by atoms with Gasteiger partial charge in [0.05, 0.1) is 16.8 Å². The van der Waals surface area contributed by atoms with Crippen molar-refractivity contribution in [1.29, 1.82) is 0 Å². The van der Waals surface area contributed by atoms with Gasteiger partial charge in [-0.05, 0) is 24.3 Å². The highest BCUT2D eigenvalue weighted by atomic mass is 35.5. The van der Waals surface area contributed by atoms with Gasteiger partial charge in [-0.15, -0.1) is 0 Å². The van der Waals surface area contributed by atoms with Crippen molar-refractivity contribution >= 4 is 23.4 Å². The molecule has 0 saturated heterocycles. The average molecular weight is 371 g/mol. The summed E-state index contributed by atoms with van der Waals surface area (Å²) in [4.78, 5) is 31.6. The number of carbonyl (C=O) groups excluding carboxylic acids is 2. The van der Waals surface area contributed by atoms with Crippen LogP contribution in [0.25, 0.3) is 11.3 Å². The first kappa shape index (κ1) is 17.6. The summed E-state index contributed by atoms with van der Waals surface area (Å²) in [6.45, 7) is 0. The van der Waals surface area contributed by atoms with Gasteiger partial charge in [-0.1, -0.05) is 23.7 Å². The lowest BCUT2D eigenvalue weighted by atomic mass is 10.2. The first-order chi connectivity index (χ1) is 12.6. The van der Waals surface area contributed by atoms with E-state index in [2.05, 4.69) is 20.8 Å². The van der Waals surface area contributed by atoms with E-state index in [1.54, 1.807) is 30.6 Å². The molecule has 0 aliphatic rings. The average Bonchev–Trinajstić information content (AvgIpc) is 3.14. The Hall–Kier alpha value is -3.19. The highest BCUT2D eigenvalue weighted by molar-refractivity contribution is 6.33. The van der Waals surface area contributed by atoms with Crippen molar-refractivity contribution in [3.63, 3.8) is 0 Å². The van der Waals surface area contributed by atoms with E-state index in [0.717, 1.165) is 5.56 Å². The van der Waals surface area contributed by atoms with Gasteiger partial charge < -0.3 is 4.42 Å². The molecule has 0 aliphatic carbocycles. The van der Waals surface area contributed by atoms with Gasteiger partial charge in [-0.2, -0.15) is 0 Å². The zero-order valence-corrected chi connectivity index (χ0v) is 14.4. The van der Waals surface area contributed by atoms with Crippen LogP contribution >= 0.6 is 11.6 Å². The van der Waals surface area contributed by atoms with Crippen LogP contribution in [0.3, 0.4) is 0 Å². The van der Waals surface area contributed by atoms with Crippen molar-refractivity contribution in [1.82, 2.24) is 20.8 Å². The zero-order valence-electron chi connectivity index (χ0n) is 13.6. The number of pyridine rings is 1. The van der Waals surface area contributed by atoms with Crippen LogP contribution in [-0.4, -0.2) is 21.8 Å². The van der Waals surface area contributed by atoms with Crippen molar-refractivity contribution in [2.75, 3.05) is 0 Å². The fourth-order valence-electron chi connectivity index (χ4n) is 2.19. The molecule has 0 aliphatic heterocycles. The fraction of sp³-hybridized carbons (Fsp3) is 0.111. The van der Waals surface area contributed by atoms with Crippen LogP contribution in [0.5, 0.6) is 0 Å². The first-order valence-corrected chi connectivity index (χ1v) is 8.20. The van der Waals surface area contributed by atoms with E-state index < -0.39 is 5.91 Å². The lowest BCUT2D eigenvalue weighted by Crippen LogP contribution is -2.41.